The molecule has 9 heteroatoms. The van der Waals surface area contributed by atoms with Gasteiger partial charge >= 0.3 is 6.03 Å². The van der Waals surface area contributed by atoms with Crippen LogP contribution in [0, 0.1) is 5.41 Å². The number of carbonyl (C=O) groups is 1. The predicted octanol–water partition coefficient (Wildman–Crippen LogP) is 3.68. The van der Waals surface area contributed by atoms with Crippen molar-refractivity contribution in [3.05, 3.63) is 46.7 Å². The van der Waals surface area contributed by atoms with Gasteiger partial charge in [-0.2, -0.15) is 4.31 Å². The van der Waals surface area contributed by atoms with Gasteiger partial charge < -0.3 is 15.4 Å². The van der Waals surface area contributed by atoms with Crippen LogP contribution in [-0.2, 0) is 14.8 Å². The largest absolute Gasteiger partial charge is 0.379 e. The fourth-order valence-electron chi connectivity index (χ4n) is 3.14. The Bertz CT molecular complexity index is 931. The number of ether oxygens (including phenoxy) is 1. The van der Waals surface area contributed by atoms with Crippen molar-refractivity contribution in [2.45, 2.75) is 31.7 Å². The zero-order chi connectivity index (χ0) is 21.1. The highest BCUT2D eigenvalue weighted by Crippen LogP contribution is 2.35. The van der Waals surface area contributed by atoms with Crippen LogP contribution in [0.3, 0.4) is 0 Å². The second kappa shape index (κ2) is 8.83. The molecule has 2 amide bonds. The minimum atomic E-state index is -3.62. The van der Waals surface area contributed by atoms with Crippen molar-refractivity contribution in [1.29, 1.82) is 0 Å². The summed E-state index contributed by atoms with van der Waals surface area (Å²) in [6, 6.07) is 9.74. The Morgan fingerprint density at radius 1 is 1.17 bits per heavy atom. The highest BCUT2D eigenvalue weighted by atomic mass is 32.2. The number of carbonyl (C=O) groups excluding carboxylic acids is 1. The zero-order valence-electron chi connectivity index (χ0n) is 16.8. The first-order chi connectivity index (χ1) is 13.7. The number of anilines is 1. The second-order valence-electron chi connectivity index (χ2n) is 7.96. The van der Waals surface area contributed by atoms with Crippen LogP contribution in [0.2, 0.25) is 0 Å². The van der Waals surface area contributed by atoms with Crippen molar-refractivity contribution < 1.29 is 17.9 Å². The van der Waals surface area contributed by atoms with E-state index in [2.05, 4.69) is 31.4 Å². The molecule has 7 nitrogen and oxygen atoms in total. The van der Waals surface area contributed by atoms with E-state index in [1.54, 1.807) is 23.5 Å². The number of benzene rings is 1. The summed E-state index contributed by atoms with van der Waals surface area (Å²) in [5.74, 6) is 0. The summed E-state index contributed by atoms with van der Waals surface area (Å²) in [6.45, 7) is 7.61. The number of urea groups is 1. The topological polar surface area (TPSA) is 87.7 Å². The highest BCUT2D eigenvalue weighted by Gasteiger charge is 2.29. The Balaban J connectivity index is 1.73. The molecule has 1 aromatic heterocycles. The van der Waals surface area contributed by atoms with Gasteiger partial charge in [-0.3, -0.25) is 0 Å². The molecule has 1 aliphatic rings. The number of hydrogen-bond acceptors (Lipinski definition) is 5. The summed E-state index contributed by atoms with van der Waals surface area (Å²) in [7, 11) is -3.62. The minimum absolute atomic E-state index is 0.155. The molecule has 1 aromatic carbocycles. The van der Waals surface area contributed by atoms with E-state index in [1.165, 1.54) is 16.4 Å². The maximum atomic E-state index is 12.8. The number of sulfonamides is 1. The van der Waals surface area contributed by atoms with Crippen LogP contribution in [0.1, 0.15) is 31.7 Å². The standard InChI is InChI=1S/C20H27N3O4S2/c1-20(2,3)18(17-8-5-13-28-17)22-19(24)21-15-6-4-7-16(14-15)29(25,26)23-9-11-27-12-10-23/h4-8,13-14,18H,9-12H2,1-3H3,(H2,21,22,24)/t18-/m1/s1. The number of morpholine rings is 1. The quantitative estimate of drug-likeness (QED) is 0.747. The number of nitrogens with one attached hydrogen (secondary N) is 2. The molecule has 2 N–H and O–H groups in total. The Morgan fingerprint density at radius 2 is 1.90 bits per heavy atom. The fourth-order valence-corrected chi connectivity index (χ4v) is 5.61. The SMILES string of the molecule is CC(C)(C)[C@H](NC(=O)Nc1cccc(S(=O)(=O)N2CCOCC2)c1)c1cccs1. The summed E-state index contributed by atoms with van der Waals surface area (Å²) in [4.78, 5) is 13.9. The van der Waals surface area contributed by atoms with Gasteiger partial charge in [0, 0.05) is 23.7 Å². The van der Waals surface area contributed by atoms with Crippen LogP contribution < -0.4 is 10.6 Å². The summed E-state index contributed by atoms with van der Waals surface area (Å²) in [5, 5.41) is 7.76. The Hall–Kier alpha value is -1.94. The van der Waals surface area contributed by atoms with E-state index in [9.17, 15) is 13.2 Å². The third-order valence-electron chi connectivity index (χ3n) is 4.67. The summed E-state index contributed by atoms with van der Waals surface area (Å²) in [5.41, 5.74) is 0.250. The Morgan fingerprint density at radius 3 is 2.52 bits per heavy atom. The summed E-state index contributed by atoms with van der Waals surface area (Å²) >= 11 is 1.59. The van der Waals surface area contributed by atoms with E-state index in [-0.39, 0.29) is 22.4 Å². The molecule has 0 spiro atoms. The van der Waals surface area contributed by atoms with Gasteiger partial charge in [0.1, 0.15) is 0 Å². The van der Waals surface area contributed by atoms with Crippen LogP contribution in [0.5, 0.6) is 0 Å². The summed E-state index contributed by atoms with van der Waals surface area (Å²) < 4.78 is 32.3. The van der Waals surface area contributed by atoms with Crippen molar-refractivity contribution in [3.8, 4) is 0 Å². The Labute approximate surface area is 176 Å². The maximum Gasteiger partial charge on any atom is 0.319 e. The van der Waals surface area contributed by atoms with Crippen LogP contribution in [-0.4, -0.2) is 45.1 Å². The van der Waals surface area contributed by atoms with Gasteiger partial charge in [0.15, 0.2) is 0 Å². The van der Waals surface area contributed by atoms with Crippen LogP contribution >= 0.6 is 11.3 Å². The normalized spacial score (nSPS) is 16.9. The van der Waals surface area contributed by atoms with Crippen molar-refractivity contribution in [2.24, 2.45) is 5.41 Å². The zero-order valence-corrected chi connectivity index (χ0v) is 18.5. The van der Waals surface area contributed by atoms with Gasteiger partial charge in [0.2, 0.25) is 10.0 Å². The van der Waals surface area contributed by atoms with Crippen LogP contribution in [0.25, 0.3) is 0 Å². The van der Waals surface area contributed by atoms with E-state index >= 15 is 0 Å². The van der Waals surface area contributed by atoms with Gasteiger partial charge in [-0.1, -0.05) is 32.9 Å². The van der Waals surface area contributed by atoms with Gasteiger partial charge in [-0.25, -0.2) is 13.2 Å². The molecule has 158 valence electrons. The Kier molecular flexibility index (Phi) is 6.62. The lowest BCUT2D eigenvalue weighted by molar-refractivity contribution is 0.0730. The smallest absolute Gasteiger partial charge is 0.319 e. The molecule has 29 heavy (non-hydrogen) atoms. The molecule has 0 unspecified atom stereocenters. The molecule has 2 heterocycles. The van der Waals surface area contributed by atoms with Gasteiger partial charge in [-0.05, 0) is 35.1 Å². The number of rotatable bonds is 5. The third kappa shape index (κ3) is 5.36. The van der Waals surface area contributed by atoms with E-state index in [1.807, 2.05) is 17.5 Å². The van der Waals surface area contributed by atoms with Gasteiger partial charge in [0.25, 0.3) is 0 Å². The molecule has 1 fully saturated rings. The van der Waals surface area contributed by atoms with E-state index in [0.717, 1.165) is 4.88 Å². The summed E-state index contributed by atoms with van der Waals surface area (Å²) in [6.07, 6.45) is 0. The molecule has 0 aliphatic carbocycles. The number of nitrogens with zero attached hydrogens (tertiary/aromatic N) is 1. The lowest BCUT2D eigenvalue weighted by atomic mass is 9.86. The van der Waals surface area contributed by atoms with Crippen molar-refractivity contribution in [3.63, 3.8) is 0 Å². The predicted molar refractivity (Wildman–Crippen MR) is 115 cm³/mol. The van der Waals surface area contributed by atoms with Crippen LogP contribution in [0.15, 0.2) is 46.7 Å². The maximum absolute atomic E-state index is 12.8. The number of amides is 2. The molecule has 1 saturated heterocycles. The monoisotopic (exact) mass is 437 g/mol. The number of thiophene rings is 1. The van der Waals surface area contributed by atoms with E-state index in [0.29, 0.717) is 32.0 Å². The molecule has 3 rings (SSSR count). The first-order valence-corrected chi connectivity index (χ1v) is 11.8. The molecule has 1 aliphatic heterocycles. The van der Waals surface area contributed by atoms with Gasteiger partial charge in [0.05, 0.1) is 24.2 Å². The minimum Gasteiger partial charge on any atom is -0.379 e. The lowest BCUT2D eigenvalue weighted by Crippen LogP contribution is -2.40. The molecular weight excluding hydrogens is 410 g/mol. The van der Waals surface area contributed by atoms with E-state index in [4.69, 9.17) is 4.74 Å². The van der Waals surface area contributed by atoms with E-state index < -0.39 is 10.0 Å². The molecule has 0 radical (unpaired) electrons. The lowest BCUT2D eigenvalue weighted by Gasteiger charge is -2.30. The molecule has 1 atom stereocenters. The molecular formula is C20H27N3O4S2. The first-order valence-electron chi connectivity index (χ1n) is 9.47. The molecule has 0 saturated carbocycles. The third-order valence-corrected chi connectivity index (χ3v) is 7.50. The average molecular weight is 438 g/mol. The molecule has 0 bridgehead atoms. The molecule has 2 aromatic rings. The van der Waals surface area contributed by atoms with Crippen molar-refractivity contribution in [1.82, 2.24) is 9.62 Å². The fraction of sp³-hybridized carbons (Fsp3) is 0.450. The van der Waals surface area contributed by atoms with Crippen LogP contribution in [0.4, 0.5) is 10.5 Å². The highest BCUT2D eigenvalue weighted by molar-refractivity contribution is 7.89. The van der Waals surface area contributed by atoms with Crippen molar-refractivity contribution >= 4 is 33.1 Å². The van der Waals surface area contributed by atoms with Gasteiger partial charge in [-0.15, -0.1) is 11.3 Å². The first kappa shape index (κ1) is 21.8. The second-order valence-corrected chi connectivity index (χ2v) is 10.9. The van der Waals surface area contributed by atoms with Crippen molar-refractivity contribution in [2.75, 3.05) is 31.6 Å². The average Bonchev–Trinajstić information content (AvgIpc) is 3.20. The number of hydrogen-bond donors (Lipinski definition) is 2.